The lowest BCUT2D eigenvalue weighted by atomic mass is 9.78. The van der Waals surface area contributed by atoms with Crippen molar-refractivity contribution >= 4 is 29.3 Å². The van der Waals surface area contributed by atoms with Crippen LogP contribution in [0.15, 0.2) is 0 Å². The summed E-state index contributed by atoms with van der Waals surface area (Å²) in [5.41, 5.74) is 4.33. The third kappa shape index (κ3) is 9.17. The number of aliphatic carboxylic acids is 2. The van der Waals surface area contributed by atoms with Gasteiger partial charge in [-0.2, -0.15) is 30.2 Å². The number of alkyl halides is 3. The van der Waals surface area contributed by atoms with Crippen LogP contribution in [0.25, 0.3) is 0 Å². The van der Waals surface area contributed by atoms with E-state index in [4.69, 9.17) is 25.7 Å². The molecule has 0 aromatic rings. The van der Waals surface area contributed by atoms with E-state index in [0.29, 0.717) is 19.4 Å². The molecule has 1 aliphatic rings. The number of hydrogen-bond donors (Lipinski definition) is 5. The Bertz CT molecular complexity index is 741. The lowest BCUT2D eigenvalue weighted by Gasteiger charge is -2.26. The van der Waals surface area contributed by atoms with Crippen molar-refractivity contribution in [3.05, 3.63) is 0 Å². The lowest BCUT2D eigenvalue weighted by Crippen LogP contribution is -2.55. The SMILES string of the molecule is CN(C)CCN(C)S(=O)(=O)N1C[C@@H](CCCB(O)O)[C@@](N)(C(=O)O)C1.O=C(O)C(F)(F)F. The molecule has 1 saturated heterocycles. The van der Waals surface area contributed by atoms with Crippen LogP contribution in [-0.2, 0) is 19.8 Å². The zero-order valence-electron chi connectivity index (χ0n) is 18.0. The number of rotatable bonds is 10. The predicted octanol–water partition coefficient (Wildman–Crippen LogP) is -1.68. The second-order valence-corrected chi connectivity index (χ2v) is 9.72. The minimum atomic E-state index is -5.08. The van der Waals surface area contributed by atoms with Crippen LogP contribution in [-0.4, -0.2) is 120 Å². The van der Waals surface area contributed by atoms with E-state index in [0.717, 1.165) is 4.31 Å². The van der Waals surface area contributed by atoms with E-state index in [-0.39, 0.29) is 26.0 Å². The van der Waals surface area contributed by atoms with Crippen molar-refractivity contribution in [2.45, 2.75) is 30.9 Å². The highest BCUT2D eigenvalue weighted by atomic mass is 32.2. The topological polar surface area (TPSA) is 185 Å². The van der Waals surface area contributed by atoms with Crippen molar-refractivity contribution in [2.24, 2.45) is 11.7 Å². The Hall–Kier alpha value is -1.50. The molecule has 32 heavy (non-hydrogen) atoms. The van der Waals surface area contributed by atoms with Crippen molar-refractivity contribution in [2.75, 3.05) is 47.3 Å². The first kappa shape index (κ1) is 30.5. The zero-order valence-corrected chi connectivity index (χ0v) is 18.8. The van der Waals surface area contributed by atoms with Crippen LogP contribution < -0.4 is 5.73 Å². The van der Waals surface area contributed by atoms with Gasteiger partial charge in [-0.05, 0) is 26.8 Å². The Labute approximate surface area is 184 Å². The lowest BCUT2D eigenvalue weighted by molar-refractivity contribution is -0.192. The van der Waals surface area contributed by atoms with Crippen LogP contribution in [0.2, 0.25) is 6.32 Å². The number of carbonyl (C=O) groups is 2. The highest BCUT2D eigenvalue weighted by Gasteiger charge is 2.52. The molecule has 1 fully saturated rings. The third-order valence-electron chi connectivity index (χ3n) is 4.83. The summed E-state index contributed by atoms with van der Waals surface area (Å²) in [5.74, 6) is -4.61. The van der Waals surface area contributed by atoms with Gasteiger partial charge in [0.2, 0.25) is 0 Å². The summed E-state index contributed by atoms with van der Waals surface area (Å²) in [7, 11) is -0.179. The standard InChI is InChI=1S/C13H29BN4O6S.C2HF3O2/c1-16(2)7-8-17(3)25(23,24)18-9-11(5-4-6-14(21)22)13(15,10-18)12(19)20;3-2(4,5)1(6)7/h11,21-22H,4-10,15H2,1-3H3,(H,19,20);(H,6,7)/t11-,13-;/m1./s1. The summed E-state index contributed by atoms with van der Waals surface area (Å²) < 4.78 is 59.4. The van der Waals surface area contributed by atoms with Gasteiger partial charge in [-0.15, -0.1) is 0 Å². The van der Waals surface area contributed by atoms with Crippen molar-refractivity contribution in [3.8, 4) is 0 Å². The molecule has 0 amide bonds. The first-order chi connectivity index (χ1) is 14.4. The molecule has 188 valence electrons. The summed E-state index contributed by atoms with van der Waals surface area (Å²) >= 11 is 0. The van der Waals surface area contributed by atoms with E-state index >= 15 is 0 Å². The summed E-state index contributed by atoms with van der Waals surface area (Å²) in [6.07, 6.45) is -4.35. The second kappa shape index (κ2) is 12.1. The van der Waals surface area contributed by atoms with Crippen LogP contribution in [0.4, 0.5) is 13.2 Å². The van der Waals surface area contributed by atoms with Gasteiger partial charge in [-0.25, -0.2) is 4.79 Å². The molecule has 0 unspecified atom stereocenters. The molecule has 17 heteroatoms. The smallest absolute Gasteiger partial charge is 0.480 e. The van der Waals surface area contributed by atoms with Crippen LogP contribution in [0.3, 0.4) is 0 Å². The Morgan fingerprint density at radius 1 is 1.19 bits per heavy atom. The number of nitrogens with two attached hydrogens (primary N) is 1. The molecule has 0 radical (unpaired) electrons. The first-order valence-corrected chi connectivity index (χ1v) is 10.8. The van der Waals surface area contributed by atoms with Crippen molar-refractivity contribution < 1.29 is 51.4 Å². The van der Waals surface area contributed by atoms with Crippen LogP contribution in [0, 0.1) is 5.92 Å². The maximum Gasteiger partial charge on any atom is 0.490 e. The number of halogens is 3. The molecule has 1 rings (SSSR count). The normalized spacial score (nSPS) is 22.0. The van der Waals surface area contributed by atoms with Gasteiger partial charge < -0.3 is 30.9 Å². The molecule has 1 aliphatic heterocycles. The molecule has 12 nitrogen and oxygen atoms in total. The summed E-state index contributed by atoms with van der Waals surface area (Å²) in [5, 5.41) is 34.4. The molecule has 0 bridgehead atoms. The fraction of sp³-hybridized carbons (Fsp3) is 0.867. The van der Waals surface area contributed by atoms with E-state index in [1.54, 1.807) is 0 Å². The Morgan fingerprint density at radius 3 is 2.06 bits per heavy atom. The number of likely N-dealkylation sites (N-methyl/N-ethyl adjacent to an activating group) is 2. The van der Waals surface area contributed by atoms with Gasteiger partial charge in [0, 0.05) is 39.1 Å². The highest BCUT2D eigenvalue weighted by Crippen LogP contribution is 2.32. The summed E-state index contributed by atoms with van der Waals surface area (Å²) in [6.45, 7) is 0.508. The molecule has 0 saturated carbocycles. The van der Waals surface area contributed by atoms with Crippen molar-refractivity contribution in [1.82, 2.24) is 13.5 Å². The van der Waals surface area contributed by atoms with Crippen LogP contribution in [0.1, 0.15) is 12.8 Å². The Balaban J connectivity index is 0.00000118. The van der Waals surface area contributed by atoms with Gasteiger partial charge in [0.15, 0.2) is 0 Å². The van der Waals surface area contributed by atoms with E-state index in [2.05, 4.69) is 0 Å². The Morgan fingerprint density at radius 2 is 1.69 bits per heavy atom. The molecule has 1 heterocycles. The zero-order chi connectivity index (χ0) is 25.5. The van der Waals surface area contributed by atoms with E-state index in [9.17, 15) is 31.5 Å². The average molecular weight is 494 g/mol. The third-order valence-corrected chi connectivity index (χ3v) is 6.73. The number of hydrogen-bond acceptors (Lipinski definition) is 8. The number of carboxylic acids is 2. The number of carboxylic acid groups (broad SMARTS) is 2. The summed E-state index contributed by atoms with van der Waals surface area (Å²) in [6, 6.07) is 0. The molecule has 0 aromatic heterocycles. The van der Waals surface area contributed by atoms with Gasteiger partial charge in [0.05, 0.1) is 0 Å². The number of nitrogens with zero attached hydrogens (tertiary/aromatic N) is 3. The largest absolute Gasteiger partial charge is 0.490 e. The quantitative estimate of drug-likeness (QED) is 0.220. The van der Waals surface area contributed by atoms with E-state index in [1.807, 2.05) is 19.0 Å². The fourth-order valence-electron chi connectivity index (χ4n) is 2.86. The molecule has 0 aromatic carbocycles. The first-order valence-electron chi connectivity index (χ1n) is 9.40. The Kier molecular flexibility index (Phi) is 11.5. The maximum absolute atomic E-state index is 12.7. The van der Waals surface area contributed by atoms with Gasteiger partial charge in [0.1, 0.15) is 5.54 Å². The van der Waals surface area contributed by atoms with Crippen LogP contribution in [0.5, 0.6) is 0 Å². The second-order valence-electron chi connectivity index (χ2n) is 7.68. The molecule has 2 atom stereocenters. The highest BCUT2D eigenvalue weighted by molar-refractivity contribution is 7.86. The van der Waals surface area contributed by atoms with E-state index < -0.39 is 46.9 Å². The van der Waals surface area contributed by atoms with Gasteiger partial charge >= 0.3 is 25.2 Å². The monoisotopic (exact) mass is 494 g/mol. The molecule has 0 aliphatic carbocycles. The van der Waals surface area contributed by atoms with Crippen LogP contribution >= 0.6 is 0 Å². The molecule has 0 spiro atoms. The molecule has 6 N–H and O–H groups in total. The van der Waals surface area contributed by atoms with Gasteiger partial charge in [-0.3, -0.25) is 4.79 Å². The molecular weight excluding hydrogens is 464 g/mol. The minimum absolute atomic E-state index is 0.00103. The van der Waals surface area contributed by atoms with Gasteiger partial charge in [0.25, 0.3) is 10.2 Å². The molecular formula is C15H30BF3N4O8S. The minimum Gasteiger partial charge on any atom is -0.480 e. The van der Waals surface area contributed by atoms with E-state index in [1.165, 1.54) is 11.4 Å². The fourth-order valence-corrected chi connectivity index (χ4v) is 4.31. The van der Waals surface area contributed by atoms with Gasteiger partial charge in [-0.1, -0.05) is 6.42 Å². The van der Waals surface area contributed by atoms with Crippen molar-refractivity contribution in [1.29, 1.82) is 0 Å². The predicted molar refractivity (Wildman–Crippen MR) is 108 cm³/mol. The summed E-state index contributed by atoms with van der Waals surface area (Å²) in [4.78, 5) is 22.4. The average Bonchev–Trinajstić information content (AvgIpc) is 2.98. The maximum atomic E-state index is 12.7. The van der Waals surface area contributed by atoms with Crippen molar-refractivity contribution in [3.63, 3.8) is 0 Å².